The fraction of sp³-hybridized carbons (Fsp3) is 0.0833. The predicted molar refractivity (Wildman–Crippen MR) is 57.3 cm³/mol. The molecule has 1 heterocycles. The first-order chi connectivity index (χ1) is 7.33. The van der Waals surface area contributed by atoms with Gasteiger partial charge in [-0.15, -0.1) is 0 Å². The van der Waals surface area contributed by atoms with Gasteiger partial charge < -0.3 is 10.2 Å². The van der Waals surface area contributed by atoms with E-state index in [1.807, 2.05) is 12.1 Å². The molecule has 0 aliphatic carbocycles. The summed E-state index contributed by atoms with van der Waals surface area (Å²) < 4.78 is 0. The van der Waals surface area contributed by atoms with Crippen molar-refractivity contribution in [3.63, 3.8) is 0 Å². The molecule has 2 aromatic rings. The quantitative estimate of drug-likeness (QED) is 0.780. The van der Waals surface area contributed by atoms with Crippen molar-refractivity contribution in [1.82, 2.24) is 4.98 Å². The van der Waals surface area contributed by atoms with Gasteiger partial charge in [0.1, 0.15) is 5.75 Å². The van der Waals surface area contributed by atoms with E-state index in [1.54, 1.807) is 30.5 Å². The van der Waals surface area contributed by atoms with E-state index in [2.05, 4.69) is 4.98 Å². The lowest BCUT2D eigenvalue weighted by atomic mass is 10.0. The molecule has 0 radical (unpaired) electrons. The Hall–Kier alpha value is -1.87. The largest absolute Gasteiger partial charge is 0.507 e. The first-order valence-corrected chi connectivity index (χ1v) is 4.66. The lowest BCUT2D eigenvalue weighted by molar-refractivity contribution is 0.277. The number of nitrogens with zero attached hydrogens (tertiary/aromatic N) is 1. The molecule has 0 unspecified atom stereocenters. The Kier molecular flexibility index (Phi) is 2.65. The average Bonchev–Trinajstić information content (AvgIpc) is 2.30. The summed E-state index contributed by atoms with van der Waals surface area (Å²) in [5, 5.41) is 18.8. The molecule has 0 bridgehead atoms. The Balaban J connectivity index is 2.59. The summed E-state index contributed by atoms with van der Waals surface area (Å²) in [6.07, 6.45) is 1.62. The van der Waals surface area contributed by atoms with Gasteiger partial charge in [-0.3, -0.25) is 4.98 Å². The van der Waals surface area contributed by atoms with Gasteiger partial charge in [-0.25, -0.2) is 0 Å². The molecule has 1 aromatic heterocycles. The Morgan fingerprint density at radius 3 is 2.47 bits per heavy atom. The number of hydrogen-bond acceptors (Lipinski definition) is 3. The van der Waals surface area contributed by atoms with Crippen LogP contribution in [0.5, 0.6) is 5.75 Å². The monoisotopic (exact) mass is 201 g/mol. The van der Waals surface area contributed by atoms with Crippen molar-refractivity contribution in [2.75, 3.05) is 0 Å². The van der Waals surface area contributed by atoms with Gasteiger partial charge in [0, 0.05) is 17.3 Å². The predicted octanol–water partition coefficient (Wildman–Crippen LogP) is 1.95. The zero-order chi connectivity index (χ0) is 10.7. The second-order valence-corrected chi connectivity index (χ2v) is 3.17. The molecule has 2 N–H and O–H groups in total. The van der Waals surface area contributed by atoms with Gasteiger partial charge in [0.25, 0.3) is 0 Å². The van der Waals surface area contributed by atoms with Crippen LogP contribution in [0.3, 0.4) is 0 Å². The van der Waals surface area contributed by atoms with Gasteiger partial charge in [-0.1, -0.05) is 24.3 Å². The first-order valence-electron chi connectivity index (χ1n) is 4.66. The number of para-hydroxylation sites is 1. The fourth-order valence-corrected chi connectivity index (χ4v) is 1.51. The third-order valence-electron chi connectivity index (χ3n) is 2.23. The maximum absolute atomic E-state index is 9.67. The minimum atomic E-state index is -0.134. The maximum atomic E-state index is 9.67. The number of pyridine rings is 1. The van der Waals surface area contributed by atoms with Crippen molar-refractivity contribution in [2.45, 2.75) is 6.61 Å². The minimum Gasteiger partial charge on any atom is -0.507 e. The van der Waals surface area contributed by atoms with E-state index in [4.69, 9.17) is 5.11 Å². The zero-order valence-electron chi connectivity index (χ0n) is 8.09. The van der Waals surface area contributed by atoms with Crippen LogP contribution in [0, 0.1) is 0 Å². The standard InChI is InChI=1S/C12H11NO2/c14-8-11-9(5-3-7-13-11)10-4-1-2-6-12(10)15/h1-7,14-15H,8H2. The summed E-state index contributed by atoms with van der Waals surface area (Å²) >= 11 is 0. The van der Waals surface area contributed by atoms with Crippen molar-refractivity contribution in [1.29, 1.82) is 0 Å². The number of hydrogen-bond donors (Lipinski definition) is 2. The van der Waals surface area contributed by atoms with Crippen molar-refractivity contribution < 1.29 is 10.2 Å². The van der Waals surface area contributed by atoms with Crippen LogP contribution in [0.4, 0.5) is 0 Å². The lowest BCUT2D eigenvalue weighted by Crippen LogP contribution is -1.92. The van der Waals surface area contributed by atoms with Crippen LogP contribution in [0.2, 0.25) is 0 Å². The van der Waals surface area contributed by atoms with E-state index in [-0.39, 0.29) is 12.4 Å². The van der Waals surface area contributed by atoms with E-state index in [1.165, 1.54) is 0 Å². The number of aliphatic hydroxyl groups is 1. The van der Waals surface area contributed by atoms with Crippen LogP contribution >= 0.6 is 0 Å². The summed E-state index contributed by atoms with van der Waals surface area (Å²) in [6.45, 7) is -0.134. The summed E-state index contributed by atoms with van der Waals surface area (Å²) in [5.74, 6) is 0.195. The van der Waals surface area contributed by atoms with Gasteiger partial charge in [0.15, 0.2) is 0 Å². The Morgan fingerprint density at radius 2 is 1.73 bits per heavy atom. The van der Waals surface area contributed by atoms with Crippen molar-refractivity contribution in [3.05, 3.63) is 48.3 Å². The minimum absolute atomic E-state index is 0.134. The topological polar surface area (TPSA) is 53.4 Å². The van der Waals surface area contributed by atoms with E-state index in [9.17, 15) is 5.11 Å². The van der Waals surface area contributed by atoms with Gasteiger partial charge in [0.2, 0.25) is 0 Å². The van der Waals surface area contributed by atoms with Crippen LogP contribution in [0.15, 0.2) is 42.6 Å². The summed E-state index contributed by atoms with van der Waals surface area (Å²) in [7, 11) is 0. The molecule has 0 amide bonds. The Bertz CT molecular complexity index is 469. The van der Waals surface area contributed by atoms with Crippen LogP contribution in [-0.4, -0.2) is 15.2 Å². The van der Waals surface area contributed by atoms with Gasteiger partial charge >= 0.3 is 0 Å². The molecular weight excluding hydrogens is 190 g/mol. The fourth-order valence-electron chi connectivity index (χ4n) is 1.51. The Labute approximate surface area is 87.7 Å². The summed E-state index contributed by atoms with van der Waals surface area (Å²) in [5.41, 5.74) is 2.02. The molecule has 0 saturated carbocycles. The number of phenolic OH excluding ortho intramolecular Hbond substituents is 1. The number of phenols is 1. The summed E-state index contributed by atoms with van der Waals surface area (Å²) in [4.78, 5) is 4.05. The van der Waals surface area contributed by atoms with Crippen molar-refractivity contribution >= 4 is 0 Å². The normalized spacial score (nSPS) is 10.2. The van der Waals surface area contributed by atoms with Crippen LogP contribution in [0.1, 0.15) is 5.69 Å². The van der Waals surface area contributed by atoms with E-state index in [0.717, 1.165) is 5.56 Å². The number of aliphatic hydroxyl groups excluding tert-OH is 1. The summed E-state index contributed by atoms with van der Waals surface area (Å²) in [6, 6.07) is 10.6. The maximum Gasteiger partial charge on any atom is 0.123 e. The lowest BCUT2D eigenvalue weighted by Gasteiger charge is -2.07. The number of rotatable bonds is 2. The smallest absolute Gasteiger partial charge is 0.123 e. The highest BCUT2D eigenvalue weighted by molar-refractivity contribution is 5.71. The van der Waals surface area contributed by atoms with Crippen LogP contribution in [0.25, 0.3) is 11.1 Å². The molecule has 1 aromatic carbocycles. The number of aromatic nitrogens is 1. The zero-order valence-corrected chi connectivity index (χ0v) is 8.09. The average molecular weight is 201 g/mol. The highest BCUT2D eigenvalue weighted by Crippen LogP contribution is 2.30. The highest BCUT2D eigenvalue weighted by Gasteiger charge is 2.07. The van der Waals surface area contributed by atoms with Crippen LogP contribution < -0.4 is 0 Å². The molecule has 0 atom stereocenters. The molecule has 0 fully saturated rings. The molecule has 2 rings (SSSR count). The molecule has 76 valence electrons. The molecule has 0 saturated heterocycles. The van der Waals surface area contributed by atoms with Crippen molar-refractivity contribution in [3.8, 4) is 16.9 Å². The van der Waals surface area contributed by atoms with Gasteiger partial charge in [-0.2, -0.15) is 0 Å². The molecule has 3 heteroatoms. The van der Waals surface area contributed by atoms with Crippen molar-refractivity contribution in [2.24, 2.45) is 0 Å². The van der Waals surface area contributed by atoms with E-state index in [0.29, 0.717) is 11.3 Å². The number of benzene rings is 1. The SMILES string of the molecule is OCc1ncccc1-c1ccccc1O. The Morgan fingerprint density at radius 1 is 1.00 bits per heavy atom. The van der Waals surface area contributed by atoms with Gasteiger partial charge in [0.05, 0.1) is 12.3 Å². The molecule has 0 aliphatic rings. The molecule has 15 heavy (non-hydrogen) atoms. The number of aromatic hydroxyl groups is 1. The highest BCUT2D eigenvalue weighted by atomic mass is 16.3. The molecule has 0 aliphatic heterocycles. The third kappa shape index (κ3) is 1.82. The first kappa shape index (κ1) is 9.68. The van der Waals surface area contributed by atoms with Gasteiger partial charge in [-0.05, 0) is 12.1 Å². The van der Waals surface area contributed by atoms with E-state index < -0.39 is 0 Å². The second kappa shape index (κ2) is 4.11. The molecular formula is C12H11NO2. The van der Waals surface area contributed by atoms with E-state index >= 15 is 0 Å². The molecule has 3 nitrogen and oxygen atoms in total. The third-order valence-corrected chi connectivity index (χ3v) is 2.23. The molecule has 0 spiro atoms. The second-order valence-electron chi connectivity index (χ2n) is 3.17. The van der Waals surface area contributed by atoms with Crippen LogP contribution in [-0.2, 0) is 6.61 Å².